The molecule has 0 bridgehead atoms. The zero-order valence-corrected chi connectivity index (χ0v) is 13.0. The van der Waals surface area contributed by atoms with Gasteiger partial charge in [0.05, 0.1) is 23.7 Å². The number of nitro groups is 1. The monoisotopic (exact) mass is 344 g/mol. The zero-order chi connectivity index (χ0) is 15.1. The Bertz CT molecular complexity index is 493. The van der Waals surface area contributed by atoms with Crippen molar-refractivity contribution in [3.63, 3.8) is 0 Å². The summed E-state index contributed by atoms with van der Waals surface area (Å²) in [6.45, 7) is 2.58. The number of benzene rings is 1. The third-order valence-electron chi connectivity index (χ3n) is 2.85. The molecule has 1 unspecified atom stereocenters. The lowest BCUT2D eigenvalue weighted by Gasteiger charge is -2.12. The molecule has 1 rings (SSSR count). The van der Waals surface area contributed by atoms with Crippen LogP contribution in [0.25, 0.3) is 0 Å². The molecule has 1 amide bonds. The zero-order valence-electron chi connectivity index (χ0n) is 11.4. The summed E-state index contributed by atoms with van der Waals surface area (Å²) in [4.78, 5) is 22.2. The van der Waals surface area contributed by atoms with Gasteiger partial charge in [0.25, 0.3) is 11.6 Å². The van der Waals surface area contributed by atoms with Gasteiger partial charge < -0.3 is 10.1 Å². The van der Waals surface area contributed by atoms with Crippen LogP contribution < -0.4 is 10.1 Å². The predicted molar refractivity (Wildman–Crippen MR) is 79.6 cm³/mol. The van der Waals surface area contributed by atoms with Gasteiger partial charge in [0, 0.05) is 17.9 Å². The largest absolute Gasteiger partial charge is 0.496 e. The van der Waals surface area contributed by atoms with Crippen LogP contribution in [0.2, 0.25) is 0 Å². The van der Waals surface area contributed by atoms with Crippen molar-refractivity contribution in [3.05, 3.63) is 33.9 Å². The molecule has 1 aromatic rings. The van der Waals surface area contributed by atoms with Crippen molar-refractivity contribution < 1.29 is 14.5 Å². The number of nitro benzene ring substituents is 1. The molecule has 20 heavy (non-hydrogen) atoms. The standard InChI is InChI=1S/C13H17BrN2O4/c1-9(5-6-14)8-15-13(17)11-4-3-10(16(18)19)7-12(11)20-2/h3-4,7,9H,5-6,8H2,1-2H3,(H,15,17). The topological polar surface area (TPSA) is 81.5 Å². The molecule has 0 heterocycles. The molecule has 0 aliphatic heterocycles. The van der Waals surface area contributed by atoms with Gasteiger partial charge in [-0.15, -0.1) is 0 Å². The summed E-state index contributed by atoms with van der Waals surface area (Å²) in [5, 5.41) is 14.4. The first-order valence-corrected chi connectivity index (χ1v) is 7.28. The second-order valence-corrected chi connectivity index (χ2v) is 5.23. The van der Waals surface area contributed by atoms with E-state index in [2.05, 4.69) is 21.2 Å². The highest BCUT2D eigenvalue weighted by molar-refractivity contribution is 9.09. The van der Waals surface area contributed by atoms with E-state index in [-0.39, 0.29) is 17.3 Å². The van der Waals surface area contributed by atoms with E-state index < -0.39 is 4.92 Å². The van der Waals surface area contributed by atoms with Gasteiger partial charge in [-0.05, 0) is 18.4 Å². The number of alkyl halides is 1. The Labute approximate surface area is 125 Å². The summed E-state index contributed by atoms with van der Waals surface area (Å²) < 4.78 is 5.04. The van der Waals surface area contributed by atoms with E-state index in [9.17, 15) is 14.9 Å². The lowest BCUT2D eigenvalue weighted by atomic mass is 10.1. The number of non-ortho nitro benzene ring substituents is 1. The first-order chi connectivity index (χ1) is 9.49. The lowest BCUT2D eigenvalue weighted by Crippen LogP contribution is -2.28. The van der Waals surface area contributed by atoms with Crippen LogP contribution >= 0.6 is 15.9 Å². The number of hydrogen-bond donors (Lipinski definition) is 1. The number of hydrogen-bond acceptors (Lipinski definition) is 4. The maximum atomic E-state index is 12.0. The van der Waals surface area contributed by atoms with E-state index in [0.29, 0.717) is 18.0 Å². The van der Waals surface area contributed by atoms with Crippen molar-refractivity contribution in [2.24, 2.45) is 5.92 Å². The first-order valence-electron chi connectivity index (χ1n) is 6.16. The molecule has 1 aromatic carbocycles. The summed E-state index contributed by atoms with van der Waals surface area (Å²) in [6, 6.07) is 3.94. The molecular weight excluding hydrogens is 328 g/mol. The van der Waals surface area contributed by atoms with Gasteiger partial charge in [-0.3, -0.25) is 14.9 Å². The molecule has 0 aliphatic carbocycles. The number of carbonyl (C=O) groups excluding carboxylic acids is 1. The Morgan fingerprint density at radius 1 is 1.55 bits per heavy atom. The van der Waals surface area contributed by atoms with Gasteiger partial charge in [0.1, 0.15) is 5.75 Å². The van der Waals surface area contributed by atoms with Gasteiger partial charge in [-0.2, -0.15) is 0 Å². The minimum Gasteiger partial charge on any atom is -0.496 e. The smallest absolute Gasteiger partial charge is 0.273 e. The first kappa shape index (κ1) is 16.4. The molecule has 0 aromatic heterocycles. The summed E-state index contributed by atoms with van der Waals surface area (Å²) >= 11 is 3.35. The lowest BCUT2D eigenvalue weighted by molar-refractivity contribution is -0.384. The number of ether oxygens (including phenoxy) is 1. The second kappa shape index (κ2) is 7.84. The van der Waals surface area contributed by atoms with Crippen LogP contribution in [-0.4, -0.2) is 29.8 Å². The molecule has 0 fully saturated rings. The maximum absolute atomic E-state index is 12.0. The van der Waals surface area contributed by atoms with Crippen LogP contribution in [0.15, 0.2) is 18.2 Å². The maximum Gasteiger partial charge on any atom is 0.273 e. The van der Waals surface area contributed by atoms with Gasteiger partial charge in [-0.25, -0.2) is 0 Å². The molecule has 110 valence electrons. The number of amides is 1. The summed E-state index contributed by atoms with van der Waals surface area (Å²) in [5.41, 5.74) is 0.190. The molecule has 0 radical (unpaired) electrons. The van der Waals surface area contributed by atoms with E-state index in [0.717, 1.165) is 11.8 Å². The number of methoxy groups -OCH3 is 1. The van der Waals surface area contributed by atoms with Crippen LogP contribution in [0, 0.1) is 16.0 Å². The second-order valence-electron chi connectivity index (χ2n) is 4.43. The third-order valence-corrected chi connectivity index (χ3v) is 3.31. The number of rotatable bonds is 7. The van der Waals surface area contributed by atoms with E-state index in [1.165, 1.54) is 25.3 Å². The van der Waals surface area contributed by atoms with Gasteiger partial charge in [0.15, 0.2) is 0 Å². The van der Waals surface area contributed by atoms with E-state index in [1.807, 2.05) is 6.92 Å². The molecular formula is C13H17BrN2O4. The number of nitrogens with zero attached hydrogens (tertiary/aromatic N) is 1. The summed E-state index contributed by atoms with van der Waals surface area (Å²) in [7, 11) is 1.38. The molecule has 0 saturated heterocycles. The van der Waals surface area contributed by atoms with Crippen molar-refractivity contribution >= 4 is 27.5 Å². The highest BCUT2D eigenvalue weighted by Gasteiger charge is 2.17. The van der Waals surface area contributed by atoms with Crippen LogP contribution in [0.4, 0.5) is 5.69 Å². The van der Waals surface area contributed by atoms with Crippen LogP contribution in [0.3, 0.4) is 0 Å². The Hall–Kier alpha value is -1.63. The van der Waals surface area contributed by atoms with Gasteiger partial charge in [0.2, 0.25) is 0 Å². The third kappa shape index (κ3) is 4.48. The van der Waals surface area contributed by atoms with Gasteiger partial charge in [-0.1, -0.05) is 22.9 Å². The predicted octanol–water partition coefficient (Wildman–Crippen LogP) is 2.75. The molecule has 6 nitrogen and oxygen atoms in total. The van der Waals surface area contributed by atoms with Gasteiger partial charge >= 0.3 is 0 Å². The Morgan fingerprint density at radius 2 is 2.25 bits per heavy atom. The van der Waals surface area contributed by atoms with Crippen LogP contribution in [-0.2, 0) is 0 Å². The molecule has 0 saturated carbocycles. The summed E-state index contributed by atoms with van der Waals surface area (Å²) in [6.07, 6.45) is 0.956. The number of halogens is 1. The van der Waals surface area contributed by atoms with Crippen LogP contribution in [0.5, 0.6) is 5.75 Å². The Morgan fingerprint density at radius 3 is 2.80 bits per heavy atom. The molecule has 0 aliphatic rings. The fraction of sp³-hybridized carbons (Fsp3) is 0.462. The summed E-state index contributed by atoms with van der Waals surface area (Å²) in [5.74, 6) is 0.255. The van der Waals surface area contributed by atoms with Crippen molar-refractivity contribution in [2.75, 3.05) is 19.0 Å². The Kier molecular flexibility index (Phi) is 6.44. The fourth-order valence-electron chi connectivity index (χ4n) is 1.63. The SMILES string of the molecule is COc1cc([N+](=O)[O-])ccc1C(=O)NCC(C)CCBr. The highest BCUT2D eigenvalue weighted by Crippen LogP contribution is 2.24. The van der Waals surface area contributed by atoms with Crippen LogP contribution in [0.1, 0.15) is 23.7 Å². The minimum absolute atomic E-state index is 0.106. The Balaban J connectivity index is 2.79. The van der Waals surface area contributed by atoms with E-state index >= 15 is 0 Å². The van der Waals surface area contributed by atoms with Crippen molar-refractivity contribution in [1.29, 1.82) is 0 Å². The molecule has 0 spiro atoms. The van der Waals surface area contributed by atoms with E-state index in [1.54, 1.807) is 0 Å². The fourth-order valence-corrected chi connectivity index (χ4v) is 2.41. The highest BCUT2D eigenvalue weighted by atomic mass is 79.9. The average molecular weight is 345 g/mol. The minimum atomic E-state index is -0.526. The van der Waals surface area contributed by atoms with Crippen molar-refractivity contribution in [1.82, 2.24) is 5.32 Å². The number of carbonyl (C=O) groups is 1. The van der Waals surface area contributed by atoms with E-state index in [4.69, 9.17) is 4.74 Å². The normalized spacial score (nSPS) is 11.8. The molecule has 7 heteroatoms. The number of nitrogens with one attached hydrogen (secondary N) is 1. The molecule has 1 N–H and O–H groups in total. The molecule has 1 atom stereocenters. The average Bonchev–Trinajstić information content (AvgIpc) is 2.44. The van der Waals surface area contributed by atoms with Crippen molar-refractivity contribution in [2.45, 2.75) is 13.3 Å². The van der Waals surface area contributed by atoms with Crippen molar-refractivity contribution in [3.8, 4) is 5.75 Å². The quantitative estimate of drug-likeness (QED) is 0.468.